The summed E-state index contributed by atoms with van der Waals surface area (Å²) in [4.78, 5) is 0. The van der Waals surface area contributed by atoms with Gasteiger partial charge in [0.15, 0.2) is 0 Å². The molecule has 0 unspecified atom stereocenters. The van der Waals surface area contributed by atoms with Crippen LogP contribution in [0.5, 0.6) is 5.75 Å². The summed E-state index contributed by atoms with van der Waals surface area (Å²) in [6.45, 7) is 0.497. The molecule has 5 heteroatoms. The van der Waals surface area contributed by atoms with Gasteiger partial charge in [0, 0.05) is 12.2 Å². The van der Waals surface area contributed by atoms with Gasteiger partial charge < -0.3 is 15.8 Å². The number of hydrogen-bond donors (Lipinski definition) is 2. The normalized spacial score (nSPS) is 10.0. The van der Waals surface area contributed by atoms with Crippen LogP contribution in [0.2, 0.25) is 0 Å². The van der Waals surface area contributed by atoms with Gasteiger partial charge in [-0.2, -0.15) is 0 Å². The van der Waals surface area contributed by atoms with Crippen LogP contribution in [-0.2, 0) is 6.54 Å². The Morgan fingerprint density at radius 2 is 1.74 bits per heavy atom. The molecule has 0 bridgehead atoms. The highest BCUT2D eigenvalue weighted by atomic mass is 32.1. The SMILES string of the molecule is NCc1ccc(NC(=S)Oc2ccc(F)cc2)cc1. The van der Waals surface area contributed by atoms with Gasteiger partial charge in [0.1, 0.15) is 11.6 Å². The van der Waals surface area contributed by atoms with Gasteiger partial charge in [0.05, 0.1) is 0 Å². The molecule has 19 heavy (non-hydrogen) atoms. The van der Waals surface area contributed by atoms with E-state index in [1.165, 1.54) is 24.3 Å². The van der Waals surface area contributed by atoms with E-state index < -0.39 is 0 Å². The van der Waals surface area contributed by atoms with Gasteiger partial charge in [0.25, 0.3) is 5.17 Å². The maximum atomic E-state index is 12.7. The van der Waals surface area contributed by atoms with Crippen LogP contribution in [-0.4, -0.2) is 5.17 Å². The molecule has 2 aromatic carbocycles. The minimum atomic E-state index is -0.316. The second-order valence-electron chi connectivity index (χ2n) is 3.87. The van der Waals surface area contributed by atoms with Crippen LogP contribution in [0.3, 0.4) is 0 Å². The summed E-state index contributed by atoms with van der Waals surface area (Å²) >= 11 is 5.06. The summed E-state index contributed by atoms with van der Waals surface area (Å²) in [5, 5.41) is 3.13. The molecule has 0 atom stereocenters. The lowest BCUT2D eigenvalue weighted by Crippen LogP contribution is -2.16. The second kappa shape index (κ2) is 6.26. The number of benzene rings is 2. The molecule has 98 valence electrons. The van der Waals surface area contributed by atoms with Crippen LogP contribution in [0.1, 0.15) is 5.56 Å². The molecule has 2 rings (SSSR count). The van der Waals surface area contributed by atoms with Gasteiger partial charge in [0.2, 0.25) is 0 Å². The lowest BCUT2D eigenvalue weighted by atomic mass is 10.2. The topological polar surface area (TPSA) is 47.3 Å². The molecule has 0 heterocycles. The van der Waals surface area contributed by atoms with Crippen molar-refractivity contribution in [2.75, 3.05) is 5.32 Å². The summed E-state index contributed by atoms with van der Waals surface area (Å²) in [5.41, 5.74) is 7.36. The first-order valence-corrected chi connectivity index (χ1v) is 6.11. The highest BCUT2D eigenvalue weighted by molar-refractivity contribution is 7.80. The van der Waals surface area contributed by atoms with Crippen LogP contribution in [0.4, 0.5) is 10.1 Å². The quantitative estimate of drug-likeness (QED) is 0.846. The summed E-state index contributed by atoms with van der Waals surface area (Å²) in [7, 11) is 0. The van der Waals surface area contributed by atoms with Crippen LogP contribution >= 0.6 is 12.2 Å². The molecule has 2 aromatic rings. The standard InChI is InChI=1S/C14H13FN2OS/c15-11-3-7-13(8-4-11)18-14(19)17-12-5-1-10(9-16)2-6-12/h1-8H,9,16H2,(H,17,19). The van der Waals surface area contributed by atoms with Crippen LogP contribution in [0.25, 0.3) is 0 Å². The summed E-state index contributed by atoms with van der Waals surface area (Å²) in [6, 6.07) is 13.2. The predicted octanol–water partition coefficient (Wildman–Crippen LogP) is 3.06. The van der Waals surface area contributed by atoms with Gasteiger partial charge in [-0.05, 0) is 54.2 Å². The summed E-state index contributed by atoms with van der Waals surface area (Å²) < 4.78 is 18.1. The molecule has 0 saturated heterocycles. The molecule has 0 fully saturated rings. The maximum Gasteiger partial charge on any atom is 0.266 e. The van der Waals surface area contributed by atoms with Crippen molar-refractivity contribution >= 4 is 23.1 Å². The molecule has 0 aliphatic carbocycles. The van der Waals surface area contributed by atoms with E-state index in [4.69, 9.17) is 22.7 Å². The number of anilines is 1. The monoisotopic (exact) mass is 276 g/mol. The van der Waals surface area contributed by atoms with E-state index in [9.17, 15) is 4.39 Å². The van der Waals surface area contributed by atoms with E-state index in [1.54, 1.807) is 0 Å². The average Bonchev–Trinajstić information content (AvgIpc) is 2.42. The van der Waals surface area contributed by atoms with Crippen LogP contribution < -0.4 is 15.8 Å². The van der Waals surface area contributed by atoms with Crippen molar-refractivity contribution < 1.29 is 9.13 Å². The van der Waals surface area contributed by atoms with E-state index in [2.05, 4.69) is 5.32 Å². The first-order chi connectivity index (χ1) is 9.17. The Balaban J connectivity index is 1.95. The van der Waals surface area contributed by atoms with Gasteiger partial charge in [-0.15, -0.1) is 0 Å². The minimum absolute atomic E-state index is 0.201. The van der Waals surface area contributed by atoms with Crippen molar-refractivity contribution in [2.24, 2.45) is 5.73 Å². The number of halogens is 1. The molecule has 0 spiro atoms. The Labute approximate surface area is 116 Å². The van der Waals surface area contributed by atoms with Crippen molar-refractivity contribution in [3.63, 3.8) is 0 Å². The zero-order chi connectivity index (χ0) is 13.7. The fourth-order valence-corrected chi connectivity index (χ4v) is 1.69. The highest BCUT2D eigenvalue weighted by Gasteiger charge is 2.01. The van der Waals surface area contributed by atoms with Gasteiger partial charge in [-0.3, -0.25) is 0 Å². The Morgan fingerprint density at radius 3 is 2.32 bits per heavy atom. The molecule has 0 aliphatic heterocycles. The van der Waals surface area contributed by atoms with Gasteiger partial charge >= 0.3 is 0 Å². The van der Waals surface area contributed by atoms with Gasteiger partial charge in [-0.25, -0.2) is 4.39 Å². The summed E-state index contributed by atoms with van der Waals surface area (Å²) in [6.07, 6.45) is 0. The van der Waals surface area contributed by atoms with Crippen LogP contribution in [0.15, 0.2) is 48.5 Å². The zero-order valence-electron chi connectivity index (χ0n) is 10.1. The van der Waals surface area contributed by atoms with Crippen LogP contribution in [0, 0.1) is 5.82 Å². The average molecular weight is 276 g/mol. The fourth-order valence-electron chi connectivity index (χ4n) is 1.48. The molecule has 3 N–H and O–H groups in total. The second-order valence-corrected chi connectivity index (χ2v) is 4.24. The van der Waals surface area contributed by atoms with Gasteiger partial charge in [-0.1, -0.05) is 12.1 Å². The lowest BCUT2D eigenvalue weighted by Gasteiger charge is -2.09. The van der Waals surface area contributed by atoms with E-state index in [0.29, 0.717) is 12.3 Å². The van der Waals surface area contributed by atoms with E-state index in [-0.39, 0.29) is 11.0 Å². The Hall–Kier alpha value is -1.98. The maximum absolute atomic E-state index is 12.7. The first-order valence-electron chi connectivity index (χ1n) is 5.71. The summed E-state index contributed by atoms with van der Waals surface area (Å²) in [5.74, 6) is 0.168. The van der Waals surface area contributed by atoms with Crippen molar-refractivity contribution in [3.05, 3.63) is 59.9 Å². The number of ether oxygens (including phenoxy) is 1. The van der Waals surface area contributed by atoms with Crippen molar-refractivity contribution in [2.45, 2.75) is 6.54 Å². The lowest BCUT2D eigenvalue weighted by molar-refractivity contribution is 0.557. The van der Waals surface area contributed by atoms with E-state index >= 15 is 0 Å². The van der Waals surface area contributed by atoms with E-state index in [1.807, 2.05) is 24.3 Å². The third-order valence-corrected chi connectivity index (χ3v) is 2.65. The minimum Gasteiger partial charge on any atom is -0.432 e. The van der Waals surface area contributed by atoms with E-state index in [0.717, 1.165) is 11.3 Å². The molecule has 0 aromatic heterocycles. The molecular formula is C14H13FN2OS. The Morgan fingerprint density at radius 1 is 1.11 bits per heavy atom. The number of hydrogen-bond acceptors (Lipinski definition) is 3. The van der Waals surface area contributed by atoms with Crippen molar-refractivity contribution in [1.29, 1.82) is 0 Å². The molecule has 0 aliphatic rings. The number of nitrogens with one attached hydrogen (secondary N) is 1. The molecular weight excluding hydrogens is 263 g/mol. The molecule has 0 saturated carbocycles. The first kappa shape index (κ1) is 13.5. The number of thiocarbonyl (C=S) groups is 1. The Bertz CT molecular complexity index is 555. The molecule has 3 nitrogen and oxygen atoms in total. The predicted molar refractivity (Wildman–Crippen MR) is 77.6 cm³/mol. The smallest absolute Gasteiger partial charge is 0.266 e. The zero-order valence-corrected chi connectivity index (χ0v) is 10.9. The number of rotatable bonds is 3. The largest absolute Gasteiger partial charge is 0.432 e. The van der Waals surface area contributed by atoms with Crippen molar-refractivity contribution in [3.8, 4) is 5.75 Å². The highest BCUT2D eigenvalue weighted by Crippen LogP contribution is 2.14. The fraction of sp³-hybridized carbons (Fsp3) is 0.0714. The third kappa shape index (κ3) is 4.01. The number of nitrogens with two attached hydrogens (primary N) is 1. The third-order valence-electron chi connectivity index (χ3n) is 2.46. The Kier molecular flexibility index (Phi) is 4.43. The molecule has 0 amide bonds. The van der Waals surface area contributed by atoms with Crippen molar-refractivity contribution in [1.82, 2.24) is 0 Å². The molecule has 0 radical (unpaired) electrons.